The highest BCUT2D eigenvalue weighted by atomic mass is 32.1. The molecule has 0 fully saturated rings. The number of hydrogen-bond acceptors (Lipinski definition) is 5. The van der Waals surface area contributed by atoms with Crippen molar-refractivity contribution in [2.45, 2.75) is 26.2 Å². The first kappa shape index (κ1) is 18.4. The Bertz CT molecular complexity index is 1230. The number of benzene rings is 2. The van der Waals surface area contributed by atoms with Crippen LogP contribution in [0.3, 0.4) is 0 Å². The Hall–Kier alpha value is -2.99. The van der Waals surface area contributed by atoms with Gasteiger partial charge in [0.05, 0.1) is 11.6 Å². The van der Waals surface area contributed by atoms with Crippen LogP contribution in [0, 0.1) is 0 Å². The topological polar surface area (TPSA) is 56.5 Å². The summed E-state index contributed by atoms with van der Waals surface area (Å²) in [5.41, 5.74) is 3.06. The first-order valence-electron chi connectivity index (χ1n) is 9.01. The van der Waals surface area contributed by atoms with Crippen LogP contribution in [0.2, 0.25) is 0 Å². The second kappa shape index (κ2) is 6.87. The van der Waals surface area contributed by atoms with E-state index in [1.807, 2.05) is 42.5 Å². The van der Waals surface area contributed by atoms with E-state index < -0.39 is 0 Å². The number of methoxy groups -OCH3 is 1. The molecular formula is C22H21N3O2S. The first-order valence-corrected chi connectivity index (χ1v) is 9.83. The molecule has 2 aromatic carbocycles. The predicted molar refractivity (Wildman–Crippen MR) is 113 cm³/mol. The van der Waals surface area contributed by atoms with Crippen LogP contribution in [0.5, 0.6) is 5.75 Å². The second-order valence-electron chi connectivity index (χ2n) is 7.65. The van der Waals surface area contributed by atoms with Crippen LogP contribution in [0.4, 0.5) is 0 Å². The van der Waals surface area contributed by atoms with E-state index in [-0.39, 0.29) is 11.0 Å². The Labute approximate surface area is 166 Å². The summed E-state index contributed by atoms with van der Waals surface area (Å²) in [4.78, 5) is 17.8. The molecule has 0 saturated heterocycles. The van der Waals surface area contributed by atoms with Gasteiger partial charge in [0.1, 0.15) is 5.75 Å². The number of aromatic nitrogens is 3. The average molecular weight is 391 g/mol. The van der Waals surface area contributed by atoms with Crippen molar-refractivity contribution in [3.05, 3.63) is 74.5 Å². The molecule has 28 heavy (non-hydrogen) atoms. The number of ether oxygens (including phenoxy) is 1. The first-order chi connectivity index (χ1) is 13.3. The highest BCUT2D eigenvalue weighted by Crippen LogP contribution is 2.22. The van der Waals surface area contributed by atoms with Gasteiger partial charge < -0.3 is 4.74 Å². The Morgan fingerprint density at radius 3 is 2.29 bits per heavy atom. The van der Waals surface area contributed by atoms with E-state index >= 15 is 0 Å². The third kappa shape index (κ3) is 3.43. The summed E-state index contributed by atoms with van der Waals surface area (Å²) in [5, 5.41) is 4.39. The molecule has 142 valence electrons. The zero-order valence-electron chi connectivity index (χ0n) is 16.3. The van der Waals surface area contributed by atoms with E-state index in [1.165, 1.54) is 21.4 Å². The van der Waals surface area contributed by atoms with Crippen LogP contribution in [0.1, 0.15) is 31.9 Å². The second-order valence-corrected chi connectivity index (χ2v) is 8.66. The van der Waals surface area contributed by atoms with Crippen molar-refractivity contribution in [2.24, 2.45) is 0 Å². The van der Waals surface area contributed by atoms with Crippen molar-refractivity contribution in [2.75, 3.05) is 7.11 Å². The Morgan fingerprint density at radius 1 is 1.04 bits per heavy atom. The fraction of sp³-hybridized carbons (Fsp3) is 0.227. The van der Waals surface area contributed by atoms with Crippen molar-refractivity contribution in [1.82, 2.24) is 14.6 Å². The lowest BCUT2D eigenvalue weighted by Crippen LogP contribution is -2.23. The van der Waals surface area contributed by atoms with E-state index in [4.69, 9.17) is 4.74 Å². The molecule has 4 aromatic rings. The van der Waals surface area contributed by atoms with Gasteiger partial charge in [-0.3, -0.25) is 4.79 Å². The molecule has 0 aliphatic heterocycles. The predicted octanol–water partition coefficient (Wildman–Crippen LogP) is 3.67. The summed E-state index contributed by atoms with van der Waals surface area (Å²) in [6.07, 6.45) is 1.89. The lowest BCUT2D eigenvalue weighted by molar-refractivity contribution is 0.415. The number of nitrogens with zero attached hydrogens (tertiary/aromatic N) is 3. The SMILES string of the molecule is COc1ccc(-c2nc3s/c(=C/c4ccc(C(C)(C)C)cc4)c(=O)n3n2)cc1. The molecule has 0 N–H and O–H groups in total. The molecule has 5 nitrogen and oxygen atoms in total. The highest BCUT2D eigenvalue weighted by Gasteiger charge is 2.14. The van der Waals surface area contributed by atoms with Gasteiger partial charge in [0.25, 0.3) is 5.56 Å². The number of thiazole rings is 1. The lowest BCUT2D eigenvalue weighted by Gasteiger charge is -2.18. The van der Waals surface area contributed by atoms with Crippen LogP contribution in [-0.4, -0.2) is 21.7 Å². The van der Waals surface area contributed by atoms with Gasteiger partial charge >= 0.3 is 0 Å². The minimum absolute atomic E-state index is 0.105. The lowest BCUT2D eigenvalue weighted by atomic mass is 9.87. The fourth-order valence-electron chi connectivity index (χ4n) is 2.93. The van der Waals surface area contributed by atoms with E-state index in [9.17, 15) is 4.79 Å². The molecule has 0 atom stereocenters. The number of rotatable bonds is 3. The monoisotopic (exact) mass is 391 g/mol. The van der Waals surface area contributed by atoms with E-state index in [2.05, 4.69) is 43.0 Å². The summed E-state index contributed by atoms with van der Waals surface area (Å²) in [6.45, 7) is 6.55. The highest BCUT2D eigenvalue weighted by molar-refractivity contribution is 7.15. The quantitative estimate of drug-likeness (QED) is 0.535. The van der Waals surface area contributed by atoms with Crippen molar-refractivity contribution in [3.63, 3.8) is 0 Å². The maximum atomic E-state index is 12.7. The maximum absolute atomic E-state index is 12.7. The van der Waals surface area contributed by atoms with Crippen molar-refractivity contribution in [1.29, 1.82) is 0 Å². The van der Waals surface area contributed by atoms with Crippen molar-refractivity contribution in [3.8, 4) is 17.1 Å². The molecule has 4 rings (SSSR count). The summed E-state index contributed by atoms with van der Waals surface area (Å²) in [7, 11) is 1.62. The van der Waals surface area contributed by atoms with Gasteiger partial charge in [-0.05, 0) is 46.9 Å². The van der Waals surface area contributed by atoms with Crippen LogP contribution in [0.15, 0.2) is 53.3 Å². The van der Waals surface area contributed by atoms with Gasteiger partial charge in [-0.2, -0.15) is 9.50 Å². The minimum atomic E-state index is -0.146. The fourth-order valence-corrected chi connectivity index (χ4v) is 3.83. The molecule has 0 amide bonds. The Morgan fingerprint density at radius 2 is 1.71 bits per heavy atom. The smallest absolute Gasteiger partial charge is 0.291 e. The molecule has 6 heteroatoms. The molecule has 2 heterocycles. The molecular weight excluding hydrogens is 370 g/mol. The summed E-state index contributed by atoms with van der Waals surface area (Å²) >= 11 is 1.35. The van der Waals surface area contributed by atoms with Crippen LogP contribution < -0.4 is 14.8 Å². The average Bonchev–Trinajstić information content (AvgIpc) is 3.21. The molecule has 2 aromatic heterocycles. The van der Waals surface area contributed by atoms with Gasteiger partial charge in [-0.1, -0.05) is 56.4 Å². The maximum Gasteiger partial charge on any atom is 0.291 e. The molecule has 0 saturated carbocycles. The summed E-state index contributed by atoms with van der Waals surface area (Å²) in [6, 6.07) is 15.8. The summed E-state index contributed by atoms with van der Waals surface area (Å²) in [5.74, 6) is 1.30. The zero-order chi connectivity index (χ0) is 19.9. The standard InChI is InChI=1S/C22H21N3O2S/c1-22(2,3)16-9-5-14(6-10-16)13-18-20(26)25-21(28-18)23-19(24-25)15-7-11-17(27-4)12-8-15/h5-13H,1-4H3/b18-13+. The van der Waals surface area contributed by atoms with Gasteiger partial charge in [0, 0.05) is 5.56 Å². The number of fused-ring (bicyclic) bond motifs is 1. The van der Waals surface area contributed by atoms with Gasteiger partial charge in [-0.15, -0.1) is 5.10 Å². The van der Waals surface area contributed by atoms with E-state index in [0.29, 0.717) is 15.3 Å². The molecule has 0 aliphatic rings. The molecule has 0 aliphatic carbocycles. The van der Waals surface area contributed by atoms with Crippen LogP contribution in [-0.2, 0) is 5.41 Å². The largest absolute Gasteiger partial charge is 0.497 e. The third-order valence-corrected chi connectivity index (χ3v) is 5.56. The third-order valence-electron chi connectivity index (χ3n) is 4.60. The normalized spacial score (nSPS) is 12.6. The zero-order valence-corrected chi connectivity index (χ0v) is 17.1. The van der Waals surface area contributed by atoms with Crippen LogP contribution >= 0.6 is 11.3 Å². The minimum Gasteiger partial charge on any atom is -0.497 e. The van der Waals surface area contributed by atoms with E-state index in [1.54, 1.807) is 7.11 Å². The van der Waals surface area contributed by atoms with Crippen molar-refractivity contribution >= 4 is 22.4 Å². The van der Waals surface area contributed by atoms with Gasteiger partial charge in [0.15, 0.2) is 5.82 Å². The summed E-state index contributed by atoms with van der Waals surface area (Å²) < 4.78 is 7.17. The number of hydrogen-bond donors (Lipinski definition) is 0. The molecule has 0 unspecified atom stereocenters. The van der Waals surface area contributed by atoms with E-state index in [0.717, 1.165) is 16.9 Å². The van der Waals surface area contributed by atoms with Crippen molar-refractivity contribution < 1.29 is 4.74 Å². The van der Waals surface area contributed by atoms with Crippen LogP contribution in [0.25, 0.3) is 22.4 Å². The van der Waals surface area contributed by atoms with Gasteiger partial charge in [0.2, 0.25) is 4.96 Å². The molecule has 0 radical (unpaired) electrons. The molecule has 0 spiro atoms. The molecule has 0 bridgehead atoms. The van der Waals surface area contributed by atoms with Gasteiger partial charge in [-0.25, -0.2) is 0 Å². The Kier molecular flexibility index (Phi) is 4.51. The Balaban J connectivity index is 1.69.